The second-order valence-electron chi connectivity index (χ2n) is 4.79. The molecule has 2 aromatic heterocycles. The number of nitro benzene ring substituents is 1. The van der Waals surface area contributed by atoms with Gasteiger partial charge in [-0.15, -0.1) is 5.10 Å². The number of benzene rings is 1. The van der Waals surface area contributed by atoms with Crippen LogP contribution in [0.1, 0.15) is 10.4 Å². The molecule has 0 aliphatic rings. The number of nitrogens with zero attached hydrogens (tertiary/aromatic N) is 4. The zero-order chi connectivity index (χ0) is 17.1. The van der Waals surface area contributed by atoms with Crippen molar-refractivity contribution < 1.29 is 14.1 Å². The molecule has 8 nitrogen and oxygen atoms in total. The summed E-state index contributed by atoms with van der Waals surface area (Å²) in [5.74, 6) is 0.00877. The fourth-order valence-corrected chi connectivity index (χ4v) is 2.20. The van der Waals surface area contributed by atoms with Gasteiger partial charge in [0.2, 0.25) is 5.89 Å². The summed E-state index contributed by atoms with van der Waals surface area (Å²) in [6.45, 7) is -0.120. The van der Waals surface area contributed by atoms with E-state index in [1.165, 1.54) is 28.9 Å². The first kappa shape index (κ1) is 15.7. The molecule has 9 heteroatoms. The van der Waals surface area contributed by atoms with Gasteiger partial charge in [0.25, 0.3) is 10.5 Å². The quantitative estimate of drug-likeness (QED) is 0.304. The first-order chi connectivity index (χ1) is 11.5. The first-order valence-corrected chi connectivity index (χ1v) is 7.21. The molecule has 0 saturated heterocycles. The summed E-state index contributed by atoms with van der Waals surface area (Å²) in [5, 5.41) is 14.8. The van der Waals surface area contributed by atoms with Crippen LogP contribution in [0.5, 0.6) is 0 Å². The molecule has 0 aliphatic heterocycles. The Morgan fingerprint density at radius 2 is 1.88 bits per heavy atom. The summed E-state index contributed by atoms with van der Waals surface area (Å²) in [6.07, 6.45) is 3.18. The highest BCUT2D eigenvalue weighted by Gasteiger charge is 2.14. The number of hydrogen-bond donors (Lipinski definition) is 0. The average molecular weight is 342 g/mol. The maximum absolute atomic E-state index is 12.3. The molecule has 0 fully saturated rings. The van der Waals surface area contributed by atoms with Crippen molar-refractivity contribution in [3.63, 3.8) is 0 Å². The molecule has 0 aliphatic carbocycles. The predicted octanol–water partition coefficient (Wildman–Crippen LogP) is 3.06. The summed E-state index contributed by atoms with van der Waals surface area (Å²) in [6, 6.07) is 8.77. The van der Waals surface area contributed by atoms with E-state index in [9.17, 15) is 14.9 Å². The zero-order valence-electron chi connectivity index (χ0n) is 12.2. The lowest BCUT2D eigenvalue weighted by atomic mass is 10.1. The molecule has 120 valence electrons. The van der Waals surface area contributed by atoms with Crippen molar-refractivity contribution in [3.8, 4) is 11.5 Å². The van der Waals surface area contributed by atoms with Crippen LogP contribution in [0.4, 0.5) is 5.69 Å². The summed E-state index contributed by atoms with van der Waals surface area (Å²) in [5.41, 5.74) is 0.943. The highest BCUT2D eigenvalue weighted by Crippen LogP contribution is 2.17. The zero-order valence-corrected chi connectivity index (χ0v) is 13.0. The lowest BCUT2D eigenvalue weighted by Crippen LogP contribution is -2.11. The number of nitro groups is 1. The molecular weight excluding hydrogens is 332 g/mol. The Balaban J connectivity index is 1.81. The van der Waals surface area contributed by atoms with Gasteiger partial charge in [-0.05, 0) is 36.5 Å². The van der Waals surface area contributed by atoms with Crippen molar-refractivity contribution in [2.24, 2.45) is 0 Å². The smallest absolute Gasteiger partial charge is 0.287 e. The molecule has 3 rings (SSSR count). The number of rotatable bonds is 5. The van der Waals surface area contributed by atoms with Crippen LogP contribution < -0.4 is 0 Å². The number of carbonyl (C=O) groups is 1. The molecule has 0 amide bonds. The van der Waals surface area contributed by atoms with Crippen LogP contribution in [0.15, 0.2) is 53.2 Å². The number of Topliss-reactive ketones (excluding diaryl/α,β-unsaturated/α-hetero) is 1. The lowest BCUT2D eigenvalue weighted by molar-refractivity contribution is -0.384. The monoisotopic (exact) mass is 342 g/mol. The van der Waals surface area contributed by atoms with Crippen LogP contribution in [0, 0.1) is 15.0 Å². The van der Waals surface area contributed by atoms with Crippen LogP contribution in [0.25, 0.3) is 11.5 Å². The average Bonchev–Trinajstić information content (AvgIpc) is 2.96. The van der Waals surface area contributed by atoms with E-state index in [0.29, 0.717) is 17.0 Å². The molecule has 0 saturated carbocycles. The van der Waals surface area contributed by atoms with Crippen LogP contribution in [-0.4, -0.2) is 25.5 Å². The molecule has 0 N–H and O–H groups in total. The van der Waals surface area contributed by atoms with E-state index in [4.69, 9.17) is 16.6 Å². The number of non-ortho nitro benzene ring substituents is 1. The van der Waals surface area contributed by atoms with E-state index in [1.54, 1.807) is 24.5 Å². The number of ketones is 1. The Kier molecular flexibility index (Phi) is 4.25. The van der Waals surface area contributed by atoms with Crippen molar-refractivity contribution in [1.29, 1.82) is 0 Å². The molecule has 24 heavy (non-hydrogen) atoms. The van der Waals surface area contributed by atoms with Crippen molar-refractivity contribution in [2.75, 3.05) is 0 Å². The fourth-order valence-electron chi connectivity index (χ4n) is 2.01. The van der Waals surface area contributed by atoms with Gasteiger partial charge in [0.05, 0.1) is 4.92 Å². The van der Waals surface area contributed by atoms with Crippen LogP contribution >= 0.6 is 12.2 Å². The number of hydrogen-bond acceptors (Lipinski definition) is 7. The minimum absolute atomic E-state index is 0.0667. The minimum Gasteiger partial charge on any atom is -0.409 e. The van der Waals surface area contributed by atoms with Gasteiger partial charge in [-0.3, -0.25) is 19.9 Å². The van der Waals surface area contributed by atoms with Crippen LogP contribution in [0.3, 0.4) is 0 Å². The van der Waals surface area contributed by atoms with E-state index in [-0.39, 0.29) is 22.9 Å². The summed E-state index contributed by atoms with van der Waals surface area (Å²) in [7, 11) is 0. The Morgan fingerprint density at radius 1 is 1.21 bits per heavy atom. The van der Waals surface area contributed by atoms with E-state index >= 15 is 0 Å². The summed E-state index contributed by atoms with van der Waals surface area (Å²) < 4.78 is 6.66. The Bertz CT molecular complexity index is 948. The third-order valence-electron chi connectivity index (χ3n) is 3.23. The molecule has 0 radical (unpaired) electrons. The van der Waals surface area contributed by atoms with E-state index in [0.717, 1.165) is 0 Å². The van der Waals surface area contributed by atoms with Crippen LogP contribution in [-0.2, 0) is 6.54 Å². The molecule has 0 spiro atoms. The third-order valence-corrected chi connectivity index (χ3v) is 3.52. The summed E-state index contributed by atoms with van der Waals surface area (Å²) in [4.78, 5) is 26.3. The number of aromatic nitrogens is 3. The molecule has 0 atom stereocenters. The van der Waals surface area contributed by atoms with Crippen LogP contribution in [0.2, 0.25) is 0 Å². The van der Waals surface area contributed by atoms with Crippen molar-refractivity contribution >= 4 is 23.7 Å². The molecule has 1 aromatic carbocycles. The highest BCUT2D eigenvalue weighted by atomic mass is 32.1. The molecule has 3 aromatic rings. The van der Waals surface area contributed by atoms with Crippen molar-refractivity contribution in [2.45, 2.75) is 6.54 Å². The first-order valence-electron chi connectivity index (χ1n) is 6.80. The Hall–Kier alpha value is -3.20. The van der Waals surface area contributed by atoms with E-state index in [2.05, 4.69) is 10.1 Å². The molecular formula is C15H10N4O4S. The number of carbonyl (C=O) groups excluding carboxylic acids is 1. The summed E-state index contributed by atoms with van der Waals surface area (Å²) >= 11 is 5.07. The Morgan fingerprint density at radius 3 is 2.50 bits per heavy atom. The maximum atomic E-state index is 12.3. The molecule has 0 bridgehead atoms. The minimum atomic E-state index is -0.525. The van der Waals surface area contributed by atoms with Gasteiger partial charge < -0.3 is 4.42 Å². The normalized spacial score (nSPS) is 10.5. The van der Waals surface area contributed by atoms with Gasteiger partial charge >= 0.3 is 0 Å². The lowest BCUT2D eigenvalue weighted by Gasteiger charge is -2.00. The van der Waals surface area contributed by atoms with Gasteiger partial charge in [-0.25, -0.2) is 4.68 Å². The number of pyridine rings is 1. The molecule has 0 unspecified atom stereocenters. The van der Waals surface area contributed by atoms with Crippen molar-refractivity contribution in [3.05, 3.63) is 69.3 Å². The fraction of sp³-hybridized carbons (Fsp3) is 0.0667. The highest BCUT2D eigenvalue weighted by molar-refractivity contribution is 7.71. The SMILES string of the molecule is O=C(Cn1nc(-c2ccncc2)oc1=S)c1ccc([N+](=O)[O-])cc1. The Labute approximate surface area is 140 Å². The largest absolute Gasteiger partial charge is 0.409 e. The molecule has 2 heterocycles. The standard InChI is InChI=1S/C15H10N4O4S/c20-13(10-1-3-12(4-2-10)19(21)22)9-18-15(24)23-14(17-18)11-5-7-16-8-6-11/h1-8H,9H2. The second kappa shape index (κ2) is 6.50. The van der Waals surface area contributed by atoms with Gasteiger partial charge in [0, 0.05) is 35.7 Å². The van der Waals surface area contributed by atoms with Crippen molar-refractivity contribution in [1.82, 2.24) is 14.8 Å². The third kappa shape index (κ3) is 3.25. The second-order valence-corrected chi connectivity index (χ2v) is 5.14. The topological polar surface area (TPSA) is 104 Å². The predicted molar refractivity (Wildman–Crippen MR) is 86.0 cm³/mol. The van der Waals surface area contributed by atoms with Gasteiger partial charge in [-0.1, -0.05) is 0 Å². The van der Waals surface area contributed by atoms with Gasteiger partial charge in [0.15, 0.2) is 5.78 Å². The van der Waals surface area contributed by atoms with E-state index < -0.39 is 4.92 Å². The van der Waals surface area contributed by atoms with Gasteiger partial charge in [-0.2, -0.15) is 0 Å². The maximum Gasteiger partial charge on any atom is 0.287 e. The van der Waals surface area contributed by atoms with Gasteiger partial charge in [0.1, 0.15) is 6.54 Å². The van der Waals surface area contributed by atoms with E-state index in [1.807, 2.05) is 0 Å².